The number of methoxy groups -OCH3 is 1. The molecule has 1 heterocycles. The molecule has 1 saturated heterocycles. The average Bonchev–Trinajstić information content (AvgIpc) is 2.72. The van der Waals surface area contributed by atoms with Gasteiger partial charge in [-0.15, -0.1) is 11.8 Å². The first-order valence-electron chi connectivity index (χ1n) is 9.60. The Morgan fingerprint density at radius 3 is 2.50 bits per heavy atom. The van der Waals surface area contributed by atoms with E-state index in [9.17, 15) is 18.0 Å². The Bertz CT molecular complexity index is 880. The van der Waals surface area contributed by atoms with E-state index in [-0.39, 0.29) is 16.2 Å². The van der Waals surface area contributed by atoms with Crippen molar-refractivity contribution in [3.63, 3.8) is 0 Å². The third-order valence-corrected chi connectivity index (χ3v) is 6.18. The van der Waals surface area contributed by atoms with E-state index in [0.717, 1.165) is 48.8 Å². The number of ether oxygens (including phenoxy) is 1. The number of hydrogen-bond acceptors (Lipinski definition) is 4. The number of piperidine rings is 1. The lowest BCUT2D eigenvalue weighted by Crippen LogP contribution is -2.55. The van der Waals surface area contributed by atoms with E-state index < -0.39 is 23.2 Å². The van der Waals surface area contributed by atoms with Crippen LogP contribution in [0.4, 0.5) is 13.2 Å². The second-order valence-corrected chi connectivity index (χ2v) is 8.35. The maximum atomic E-state index is 13.4. The first-order valence-corrected chi connectivity index (χ1v) is 10.8. The minimum absolute atomic E-state index is 0.0842. The Hall–Kier alpha value is -2.19. The molecule has 0 unspecified atom stereocenters. The molecule has 0 bridgehead atoms. The molecule has 4 nitrogen and oxygen atoms in total. The first-order chi connectivity index (χ1) is 14.2. The van der Waals surface area contributed by atoms with Crippen molar-refractivity contribution in [2.45, 2.75) is 29.5 Å². The fourth-order valence-electron chi connectivity index (χ4n) is 4.02. The normalized spacial score (nSPS) is 20.1. The van der Waals surface area contributed by atoms with E-state index >= 15 is 0 Å². The van der Waals surface area contributed by atoms with Gasteiger partial charge in [-0.2, -0.15) is 13.2 Å². The Balaban J connectivity index is 2.04. The highest BCUT2D eigenvalue weighted by Crippen LogP contribution is 2.39. The summed E-state index contributed by atoms with van der Waals surface area (Å²) in [6, 6.07) is 11.6. The lowest BCUT2D eigenvalue weighted by atomic mass is 9.82. The number of halogens is 3. The molecule has 1 atom stereocenters. The number of carbonyl (C=O) groups is 1. The highest BCUT2D eigenvalue weighted by Gasteiger charge is 2.39. The predicted molar refractivity (Wildman–Crippen MR) is 112 cm³/mol. The molecule has 0 radical (unpaired) electrons. The molecule has 1 aliphatic heterocycles. The number of thioether (sulfide) groups is 1. The van der Waals surface area contributed by atoms with Gasteiger partial charge < -0.3 is 15.0 Å². The average molecular weight is 439 g/mol. The Morgan fingerprint density at radius 1 is 1.23 bits per heavy atom. The highest BCUT2D eigenvalue weighted by atomic mass is 32.2. The summed E-state index contributed by atoms with van der Waals surface area (Å²) in [5, 5.41) is 3.15. The molecule has 1 aliphatic rings. The third-order valence-electron chi connectivity index (χ3n) is 5.42. The number of amides is 1. The zero-order chi connectivity index (χ0) is 21.9. The number of carbonyl (C=O) groups excluding carboxylic acids is 1. The molecule has 1 fully saturated rings. The largest absolute Gasteiger partial charge is 0.496 e. The zero-order valence-electron chi connectivity index (χ0n) is 17.2. The summed E-state index contributed by atoms with van der Waals surface area (Å²) in [6.07, 6.45) is -1.24. The minimum Gasteiger partial charge on any atom is -0.496 e. The van der Waals surface area contributed by atoms with E-state index in [2.05, 4.69) is 10.2 Å². The molecule has 0 aromatic heterocycles. The minimum atomic E-state index is -4.52. The second-order valence-electron chi connectivity index (χ2n) is 7.50. The number of hydrogen-bond donors (Lipinski definition) is 1. The summed E-state index contributed by atoms with van der Waals surface area (Å²) >= 11 is 1.09. The number of benzene rings is 2. The van der Waals surface area contributed by atoms with Crippen molar-refractivity contribution in [3.05, 3.63) is 59.2 Å². The maximum absolute atomic E-state index is 13.4. The molecule has 2 aromatic rings. The quantitative estimate of drug-likeness (QED) is 0.682. The molecule has 162 valence electrons. The van der Waals surface area contributed by atoms with Gasteiger partial charge in [0.15, 0.2) is 0 Å². The molecule has 0 aliphatic carbocycles. The molecule has 30 heavy (non-hydrogen) atoms. The number of nitrogens with zero attached hydrogens (tertiary/aromatic N) is 1. The van der Waals surface area contributed by atoms with Gasteiger partial charge in [-0.3, -0.25) is 4.79 Å². The molecular formula is C22H25F3N2O2S. The van der Waals surface area contributed by atoms with Crippen LogP contribution in [0.3, 0.4) is 0 Å². The van der Waals surface area contributed by atoms with Gasteiger partial charge in [0.1, 0.15) is 5.75 Å². The van der Waals surface area contributed by atoms with Crippen molar-refractivity contribution >= 4 is 17.7 Å². The Morgan fingerprint density at radius 2 is 1.93 bits per heavy atom. The number of likely N-dealkylation sites (N-methyl/N-ethyl adjacent to an activating group) is 1. The standard InChI is InChI=1S/C22H25F3N2O2S/c1-27-11-7-10-21(14-27,15-8-5-4-6-9-15)26-20(28)19-17(29-2)12-16(22(23,24)25)13-18(19)30-3/h4-6,8-9,12-13H,7,10-11,14H2,1-3H3,(H,26,28)/t21-/m1/s1. The van der Waals surface area contributed by atoms with Crippen LogP contribution in [-0.2, 0) is 11.7 Å². The number of likely N-dealkylation sites (tertiary alicyclic amines) is 1. The van der Waals surface area contributed by atoms with Gasteiger partial charge in [0.05, 0.1) is 23.8 Å². The monoisotopic (exact) mass is 438 g/mol. The number of alkyl halides is 3. The van der Waals surface area contributed by atoms with Crippen molar-refractivity contribution in [1.82, 2.24) is 10.2 Å². The van der Waals surface area contributed by atoms with Gasteiger partial charge in [0.2, 0.25) is 0 Å². The van der Waals surface area contributed by atoms with Gasteiger partial charge in [-0.05, 0) is 50.4 Å². The lowest BCUT2D eigenvalue weighted by Gasteiger charge is -2.42. The molecule has 1 N–H and O–H groups in total. The van der Waals surface area contributed by atoms with Crippen molar-refractivity contribution < 1.29 is 22.7 Å². The summed E-state index contributed by atoms with van der Waals surface area (Å²) in [4.78, 5) is 15.8. The topological polar surface area (TPSA) is 41.6 Å². The Kier molecular flexibility index (Phi) is 6.67. The van der Waals surface area contributed by atoms with Crippen LogP contribution in [-0.4, -0.2) is 44.3 Å². The van der Waals surface area contributed by atoms with Crippen LogP contribution in [0.15, 0.2) is 47.4 Å². The van der Waals surface area contributed by atoms with Gasteiger partial charge in [-0.1, -0.05) is 30.3 Å². The number of rotatable bonds is 5. The van der Waals surface area contributed by atoms with Crippen LogP contribution in [0.25, 0.3) is 0 Å². The van der Waals surface area contributed by atoms with Crippen molar-refractivity contribution in [3.8, 4) is 5.75 Å². The van der Waals surface area contributed by atoms with Gasteiger partial charge in [-0.25, -0.2) is 0 Å². The van der Waals surface area contributed by atoms with Crippen LogP contribution >= 0.6 is 11.8 Å². The third kappa shape index (κ3) is 4.59. The van der Waals surface area contributed by atoms with Gasteiger partial charge >= 0.3 is 6.18 Å². The molecule has 0 saturated carbocycles. The van der Waals surface area contributed by atoms with E-state index in [1.54, 1.807) is 6.26 Å². The summed E-state index contributed by atoms with van der Waals surface area (Å²) < 4.78 is 45.1. The molecule has 3 rings (SSSR count). The van der Waals surface area contributed by atoms with Crippen LogP contribution in [0.5, 0.6) is 5.75 Å². The fraction of sp³-hybridized carbons (Fsp3) is 0.409. The van der Waals surface area contributed by atoms with Gasteiger partial charge in [0.25, 0.3) is 5.91 Å². The van der Waals surface area contributed by atoms with E-state index in [4.69, 9.17) is 4.74 Å². The summed E-state index contributed by atoms with van der Waals surface area (Å²) in [5.41, 5.74) is -0.368. The number of nitrogens with one attached hydrogen (secondary N) is 1. The summed E-state index contributed by atoms with van der Waals surface area (Å²) in [5.74, 6) is -0.525. The lowest BCUT2D eigenvalue weighted by molar-refractivity contribution is -0.137. The van der Waals surface area contributed by atoms with Crippen molar-refractivity contribution in [2.24, 2.45) is 0 Å². The SMILES string of the molecule is COc1cc(C(F)(F)F)cc(SC)c1C(=O)N[C@]1(c2ccccc2)CCCN(C)C1. The summed E-state index contributed by atoms with van der Waals surface area (Å²) in [6.45, 7) is 1.53. The van der Waals surface area contributed by atoms with Crippen molar-refractivity contribution in [1.29, 1.82) is 0 Å². The Labute approximate surface area is 178 Å². The first kappa shape index (κ1) is 22.5. The zero-order valence-corrected chi connectivity index (χ0v) is 18.0. The highest BCUT2D eigenvalue weighted by molar-refractivity contribution is 7.98. The van der Waals surface area contributed by atoms with Gasteiger partial charge in [0, 0.05) is 11.4 Å². The second kappa shape index (κ2) is 8.89. The summed E-state index contributed by atoms with van der Waals surface area (Å²) in [7, 11) is 3.27. The van der Waals surface area contributed by atoms with Crippen molar-refractivity contribution in [2.75, 3.05) is 33.5 Å². The molecule has 8 heteroatoms. The fourth-order valence-corrected chi connectivity index (χ4v) is 4.66. The van der Waals surface area contributed by atoms with E-state index in [0.29, 0.717) is 6.54 Å². The molecule has 1 amide bonds. The van der Waals surface area contributed by atoms with Crippen LogP contribution < -0.4 is 10.1 Å². The molecule has 0 spiro atoms. The maximum Gasteiger partial charge on any atom is 0.416 e. The molecule has 2 aromatic carbocycles. The van der Waals surface area contributed by atoms with Crippen LogP contribution in [0.2, 0.25) is 0 Å². The van der Waals surface area contributed by atoms with Crippen LogP contribution in [0.1, 0.15) is 34.3 Å². The smallest absolute Gasteiger partial charge is 0.416 e. The van der Waals surface area contributed by atoms with E-state index in [1.807, 2.05) is 37.4 Å². The van der Waals surface area contributed by atoms with E-state index in [1.165, 1.54) is 7.11 Å². The van der Waals surface area contributed by atoms with Crippen LogP contribution in [0, 0.1) is 0 Å². The predicted octanol–water partition coefficient (Wildman–Crippen LogP) is 4.79. The molecular weight excluding hydrogens is 413 g/mol.